The van der Waals surface area contributed by atoms with E-state index in [1.807, 2.05) is 35.4 Å². The Bertz CT molecular complexity index is 1450. The van der Waals surface area contributed by atoms with Crippen molar-refractivity contribution in [1.82, 2.24) is 9.88 Å². The Labute approximate surface area is 221 Å². The van der Waals surface area contributed by atoms with Crippen molar-refractivity contribution in [3.63, 3.8) is 0 Å². The van der Waals surface area contributed by atoms with Crippen LogP contribution in [0.25, 0.3) is 0 Å². The number of amidine groups is 1. The lowest BCUT2D eigenvalue weighted by Crippen LogP contribution is -2.53. The number of allylic oxidation sites excluding steroid dienone is 1. The molecule has 0 spiro atoms. The van der Waals surface area contributed by atoms with Crippen molar-refractivity contribution in [2.24, 2.45) is 21.7 Å². The molecule has 1 aromatic heterocycles. The molecule has 192 valence electrons. The molecule has 4 aliphatic heterocycles. The fourth-order valence-electron chi connectivity index (χ4n) is 6.14. The number of rotatable bonds is 5. The molecule has 5 heterocycles. The van der Waals surface area contributed by atoms with Gasteiger partial charge in [0, 0.05) is 36.7 Å². The zero-order chi connectivity index (χ0) is 25.9. The summed E-state index contributed by atoms with van der Waals surface area (Å²) in [6.07, 6.45) is 13.0. The summed E-state index contributed by atoms with van der Waals surface area (Å²) in [5.74, 6) is 8.90. The second-order valence-electron chi connectivity index (χ2n) is 10.9. The van der Waals surface area contributed by atoms with Gasteiger partial charge in [-0.15, -0.1) is 4.59 Å². The van der Waals surface area contributed by atoms with Gasteiger partial charge in [-0.05, 0) is 80.0 Å². The highest BCUT2D eigenvalue weighted by Gasteiger charge is 2.47. The number of amides is 2. The average Bonchev–Trinajstić information content (AvgIpc) is 3.66. The number of nitrogens with one attached hydrogen (secondary N) is 1. The maximum Gasteiger partial charge on any atom is 0.264 e. The third kappa shape index (κ3) is 3.90. The average molecular weight is 509 g/mol. The molecular formula is C29H30N7O2+. The maximum absolute atomic E-state index is 12.9. The molecule has 3 fully saturated rings. The number of hydrogen-bond acceptors (Lipinski definition) is 6. The predicted molar refractivity (Wildman–Crippen MR) is 144 cm³/mol. The number of aromatic nitrogens is 1. The molecule has 0 bridgehead atoms. The quantitative estimate of drug-likeness (QED) is 0.472. The summed E-state index contributed by atoms with van der Waals surface area (Å²) >= 11 is 0. The highest BCUT2D eigenvalue weighted by atomic mass is 16.2. The molecule has 9 nitrogen and oxygen atoms in total. The third-order valence-corrected chi connectivity index (χ3v) is 8.41. The number of quaternary nitrogens is 1. The summed E-state index contributed by atoms with van der Waals surface area (Å²) in [7, 11) is 0. The van der Waals surface area contributed by atoms with E-state index < -0.39 is 0 Å². The lowest BCUT2D eigenvalue weighted by atomic mass is 9.90. The molecule has 1 saturated carbocycles. The van der Waals surface area contributed by atoms with Crippen molar-refractivity contribution in [3.8, 4) is 0 Å². The Hall–Kier alpha value is -3.95. The van der Waals surface area contributed by atoms with Crippen molar-refractivity contribution in [1.29, 1.82) is 0 Å². The van der Waals surface area contributed by atoms with Crippen LogP contribution in [0.15, 0.2) is 76.4 Å². The molecule has 1 aromatic carbocycles. The standard InChI is InChI=1S/C29H29N7O2/c30-36-14-13-31-16-24(36)27(22-7-8-23-9-10-26(37)35(23)17-22)34-28(36)19-3-5-20(6-4-19)29(38)33-25-15-21(11-12-32-25)18-1-2-18/h3-6,11-16,18,22-23H,1-2,7-10,17,30H2/p+1/t22-,23+,36?/m1/s1. The summed E-state index contributed by atoms with van der Waals surface area (Å²) in [6, 6.07) is 11.7. The number of nitrogens with two attached hydrogens (primary N) is 1. The minimum absolute atomic E-state index is 0.0733. The molecule has 0 radical (unpaired) electrons. The van der Waals surface area contributed by atoms with Gasteiger partial charge < -0.3 is 10.2 Å². The minimum Gasteiger partial charge on any atom is -0.339 e. The molecule has 7 rings (SSSR count). The summed E-state index contributed by atoms with van der Waals surface area (Å²) in [4.78, 5) is 41.1. The van der Waals surface area contributed by atoms with Crippen molar-refractivity contribution >= 4 is 29.7 Å². The van der Waals surface area contributed by atoms with Gasteiger partial charge >= 0.3 is 0 Å². The molecule has 5 aliphatic rings. The molecule has 1 unspecified atom stereocenters. The van der Waals surface area contributed by atoms with E-state index in [1.54, 1.807) is 30.7 Å². The van der Waals surface area contributed by atoms with E-state index in [-0.39, 0.29) is 22.3 Å². The fourth-order valence-corrected chi connectivity index (χ4v) is 6.14. The van der Waals surface area contributed by atoms with Gasteiger partial charge in [0.1, 0.15) is 17.7 Å². The van der Waals surface area contributed by atoms with Crippen LogP contribution in [0.5, 0.6) is 0 Å². The van der Waals surface area contributed by atoms with E-state index in [2.05, 4.69) is 15.3 Å². The van der Waals surface area contributed by atoms with E-state index in [0.717, 1.165) is 36.2 Å². The maximum atomic E-state index is 12.9. The van der Waals surface area contributed by atoms with Crippen LogP contribution in [0.1, 0.15) is 65.9 Å². The van der Waals surface area contributed by atoms with Crippen LogP contribution in [0.3, 0.4) is 0 Å². The molecule has 1 aliphatic carbocycles. The lowest BCUT2D eigenvalue weighted by molar-refractivity contribution is -0.750. The third-order valence-electron chi connectivity index (χ3n) is 8.41. The van der Waals surface area contributed by atoms with Crippen LogP contribution in [-0.2, 0) is 4.79 Å². The normalized spacial score (nSPS) is 27.9. The second kappa shape index (κ2) is 8.82. The lowest BCUT2D eigenvalue weighted by Gasteiger charge is -2.35. The number of nitrogens with zero attached hydrogens (tertiary/aromatic N) is 5. The van der Waals surface area contributed by atoms with E-state index in [9.17, 15) is 9.59 Å². The van der Waals surface area contributed by atoms with Crippen LogP contribution >= 0.6 is 0 Å². The van der Waals surface area contributed by atoms with Crippen LogP contribution < -0.4 is 11.2 Å². The molecule has 2 amide bonds. The predicted octanol–water partition coefficient (Wildman–Crippen LogP) is 3.83. The second-order valence-corrected chi connectivity index (χ2v) is 10.9. The van der Waals surface area contributed by atoms with Gasteiger partial charge in [-0.2, -0.15) is 10.8 Å². The van der Waals surface area contributed by atoms with Crippen LogP contribution in [-0.4, -0.2) is 50.9 Å². The number of carbonyl (C=O) groups is 2. The molecule has 2 saturated heterocycles. The Kier molecular flexibility index (Phi) is 5.38. The van der Waals surface area contributed by atoms with Gasteiger partial charge in [0.25, 0.3) is 11.7 Å². The Morgan fingerprint density at radius 3 is 2.68 bits per heavy atom. The Balaban J connectivity index is 1.13. The van der Waals surface area contributed by atoms with Crippen molar-refractivity contribution in [2.75, 3.05) is 11.9 Å². The minimum atomic E-state index is -0.210. The highest BCUT2D eigenvalue weighted by Crippen LogP contribution is 2.41. The van der Waals surface area contributed by atoms with E-state index in [0.29, 0.717) is 42.1 Å². The van der Waals surface area contributed by atoms with Gasteiger partial charge in [0.05, 0.1) is 18.0 Å². The number of hydrogen-bond donors (Lipinski definition) is 2. The first kappa shape index (κ1) is 23.2. The Morgan fingerprint density at radius 1 is 1.05 bits per heavy atom. The SMILES string of the molecule is N[N+]12C=CN=CC1=C([C@@H]1CC[C@H]3CCC(=O)N3C1)N=C2c1ccc(C(=O)Nc2cc(C3CC3)ccn2)cc1. The molecule has 3 N–H and O–H groups in total. The van der Waals surface area contributed by atoms with Crippen LogP contribution in [0, 0.1) is 5.92 Å². The zero-order valence-electron chi connectivity index (χ0n) is 21.1. The molecule has 38 heavy (non-hydrogen) atoms. The topological polar surface area (TPSA) is 113 Å². The Morgan fingerprint density at radius 2 is 1.87 bits per heavy atom. The first-order chi connectivity index (χ1) is 18.5. The monoisotopic (exact) mass is 508 g/mol. The zero-order valence-corrected chi connectivity index (χ0v) is 21.1. The van der Waals surface area contributed by atoms with Crippen molar-refractivity contribution in [2.45, 2.75) is 50.5 Å². The van der Waals surface area contributed by atoms with Gasteiger partial charge in [0.15, 0.2) is 0 Å². The van der Waals surface area contributed by atoms with E-state index in [1.165, 1.54) is 18.4 Å². The van der Waals surface area contributed by atoms with Crippen LogP contribution in [0.2, 0.25) is 0 Å². The molecular weight excluding hydrogens is 478 g/mol. The number of benzene rings is 1. The molecule has 9 heteroatoms. The van der Waals surface area contributed by atoms with E-state index >= 15 is 0 Å². The van der Waals surface area contributed by atoms with Crippen molar-refractivity contribution in [3.05, 3.63) is 83.1 Å². The summed E-state index contributed by atoms with van der Waals surface area (Å²) in [5.41, 5.74) is 4.32. The van der Waals surface area contributed by atoms with Gasteiger partial charge in [-0.3, -0.25) is 14.6 Å². The number of anilines is 1. The first-order valence-electron chi connectivity index (χ1n) is 13.4. The number of fused-ring (bicyclic) bond motifs is 2. The molecule has 3 atom stereocenters. The number of pyridine rings is 1. The van der Waals surface area contributed by atoms with Gasteiger partial charge in [0.2, 0.25) is 11.6 Å². The first-order valence-corrected chi connectivity index (χ1v) is 13.4. The van der Waals surface area contributed by atoms with E-state index in [4.69, 9.17) is 10.8 Å². The number of piperidine rings is 1. The summed E-state index contributed by atoms with van der Waals surface area (Å²) in [5, 5.41) is 2.92. The highest BCUT2D eigenvalue weighted by molar-refractivity contribution is 6.05. The summed E-state index contributed by atoms with van der Waals surface area (Å²) in [6.45, 7) is 0.672. The molecule has 2 aromatic rings. The number of aliphatic imine (C=N–C) groups is 2. The number of carbonyl (C=O) groups excluding carboxylic acids is 2. The van der Waals surface area contributed by atoms with Crippen LogP contribution in [0.4, 0.5) is 5.82 Å². The smallest absolute Gasteiger partial charge is 0.264 e. The van der Waals surface area contributed by atoms with Gasteiger partial charge in [-0.1, -0.05) is 0 Å². The van der Waals surface area contributed by atoms with Crippen molar-refractivity contribution < 1.29 is 14.2 Å². The van der Waals surface area contributed by atoms with Gasteiger partial charge in [-0.25, -0.2) is 4.98 Å². The summed E-state index contributed by atoms with van der Waals surface area (Å²) < 4.78 is -0.0733. The fraction of sp³-hybridized carbons (Fsp3) is 0.345. The largest absolute Gasteiger partial charge is 0.339 e.